The number of sulfone groups is 2. The summed E-state index contributed by atoms with van der Waals surface area (Å²) in [5.41, 5.74) is -5.26. The maximum absolute atomic E-state index is 14.5. The summed E-state index contributed by atoms with van der Waals surface area (Å²) in [5.74, 6) is -3.20. The van der Waals surface area contributed by atoms with Crippen LogP contribution >= 0.6 is 23.2 Å². The third-order valence-corrected chi connectivity index (χ3v) is 12.1. The molecule has 2 aromatic heterocycles. The van der Waals surface area contributed by atoms with Crippen LogP contribution < -0.4 is 0 Å². The molecule has 0 fully saturated rings. The molecule has 0 aliphatic carbocycles. The van der Waals surface area contributed by atoms with Crippen molar-refractivity contribution in [1.82, 2.24) is 9.97 Å². The van der Waals surface area contributed by atoms with Crippen LogP contribution in [-0.4, -0.2) is 44.1 Å². The highest BCUT2D eigenvalue weighted by Crippen LogP contribution is 2.41. The monoisotopic (exact) mass is 824 g/mol. The average Bonchev–Trinajstić information content (AvgIpc) is 3.69. The van der Waals surface area contributed by atoms with Gasteiger partial charge in [0.05, 0.1) is 33.7 Å². The van der Waals surface area contributed by atoms with Crippen LogP contribution in [0.15, 0.2) is 107 Å². The summed E-state index contributed by atoms with van der Waals surface area (Å²) in [6, 6.07) is 17.6. The number of H-pyrrole nitrogens is 2. The largest absolute Gasteiger partial charge is 0.418 e. The first-order valence-corrected chi connectivity index (χ1v) is 19.6. The highest BCUT2D eigenvalue weighted by Gasteiger charge is 2.40. The van der Waals surface area contributed by atoms with E-state index < -0.39 is 103 Å². The number of nitrogens with one attached hydrogen (secondary N) is 2. The molecule has 0 amide bonds. The lowest BCUT2D eigenvalue weighted by atomic mass is 10.1. The Morgan fingerprint density at radius 1 is 0.574 bits per heavy atom. The van der Waals surface area contributed by atoms with Gasteiger partial charge in [0.2, 0.25) is 5.78 Å². The van der Waals surface area contributed by atoms with Gasteiger partial charge in [0.1, 0.15) is 21.2 Å². The van der Waals surface area contributed by atoms with Crippen molar-refractivity contribution in [2.24, 2.45) is 0 Å². The first-order valence-electron chi connectivity index (χ1n) is 15.6. The number of benzene rings is 4. The standard InChI is InChI=1S/C37H24Cl2F6N2O5S2/c38-23-15-11-21(12-16-23)5-3-19-53(49,50)34-25-7-1-9-27(36(40,41)42)29(25)46-31(34)33(48)32-35(26-8-2-10-28(30(26)47-32)37(43,44)45)54(51,52)20-4-6-22-13-17-24(39)18-14-22/h1-18,46-47H,19-20H2. The first-order chi connectivity index (χ1) is 25.3. The van der Waals surface area contributed by atoms with E-state index >= 15 is 0 Å². The Hall–Kier alpha value is -4.83. The smallest absolute Gasteiger partial charge is 0.350 e. The number of aromatic nitrogens is 2. The van der Waals surface area contributed by atoms with Crippen LogP contribution in [0.25, 0.3) is 34.0 Å². The van der Waals surface area contributed by atoms with Crippen LogP contribution in [-0.2, 0) is 32.0 Å². The third-order valence-electron chi connectivity index (χ3n) is 8.25. The Labute approximate surface area is 313 Å². The van der Waals surface area contributed by atoms with Crippen molar-refractivity contribution in [3.05, 3.63) is 141 Å². The number of rotatable bonds is 10. The lowest BCUT2D eigenvalue weighted by Crippen LogP contribution is -2.15. The Morgan fingerprint density at radius 3 is 1.26 bits per heavy atom. The van der Waals surface area contributed by atoms with Gasteiger partial charge in [-0.05, 0) is 47.5 Å². The van der Waals surface area contributed by atoms with Crippen molar-refractivity contribution in [3.8, 4) is 0 Å². The number of hydrogen-bond acceptors (Lipinski definition) is 5. The normalized spacial score (nSPS) is 13.2. The summed E-state index contributed by atoms with van der Waals surface area (Å²) in [6.45, 7) is 0. The van der Waals surface area contributed by atoms with Crippen LogP contribution in [0.2, 0.25) is 10.0 Å². The van der Waals surface area contributed by atoms with Gasteiger partial charge in [-0.2, -0.15) is 26.3 Å². The van der Waals surface area contributed by atoms with Crippen molar-refractivity contribution >= 4 is 82.6 Å². The zero-order chi connectivity index (χ0) is 39.2. The van der Waals surface area contributed by atoms with E-state index in [1.165, 1.54) is 48.6 Å². The van der Waals surface area contributed by atoms with E-state index in [0.717, 1.165) is 24.3 Å². The van der Waals surface area contributed by atoms with Gasteiger partial charge in [-0.3, -0.25) is 4.79 Å². The van der Waals surface area contributed by atoms with Crippen molar-refractivity contribution in [3.63, 3.8) is 0 Å². The maximum Gasteiger partial charge on any atom is 0.418 e. The number of fused-ring (bicyclic) bond motifs is 2. The van der Waals surface area contributed by atoms with Crippen LogP contribution in [0.3, 0.4) is 0 Å². The Bertz CT molecular complexity index is 2510. The number of ketones is 1. The molecule has 0 radical (unpaired) electrons. The molecule has 2 heterocycles. The van der Waals surface area contributed by atoms with E-state index in [2.05, 4.69) is 9.97 Å². The number of halogens is 8. The fourth-order valence-corrected chi connectivity index (χ4v) is 9.09. The minimum Gasteiger partial charge on any atom is -0.350 e. The van der Waals surface area contributed by atoms with Gasteiger partial charge < -0.3 is 9.97 Å². The second kappa shape index (κ2) is 14.4. The molecule has 0 aliphatic heterocycles. The summed E-state index contributed by atoms with van der Waals surface area (Å²) in [5, 5.41) is -0.285. The number of carbonyl (C=O) groups is 1. The van der Waals surface area contributed by atoms with Crippen molar-refractivity contribution in [2.45, 2.75) is 22.1 Å². The minimum absolute atomic E-state index is 0.403. The minimum atomic E-state index is -5.05. The molecule has 280 valence electrons. The summed E-state index contributed by atoms with van der Waals surface area (Å²) in [6.07, 6.45) is -4.95. The second-order valence-electron chi connectivity index (χ2n) is 11.9. The van der Waals surface area contributed by atoms with Crippen LogP contribution in [0.1, 0.15) is 38.4 Å². The molecule has 0 bridgehead atoms. The number of para-hydroxylation sites is 2. The SMILES string of the molecule is O=C(c1[nH]c2c(C(F)(F)F)cccc2c1S(=O)(=O)CC=Cc1ccc(Cl)cc1)c1[nH]c2c(C(F)(F)F)cccc2c1S(=O)(=O)CC=Cc1ccc(Cl)cc1. The molecule has 6 rings (SSSR count). The fourth-order valence-electron chi connectivity index (χ4n) is 5.88. The molecule has 2 N–H and O–H groups in total. The highest BCUT2D eigenvalue weighted by atomic mass is 35.5. The van der Waals surface area contributed by atoms with E-state index in [1.807, 2.05) is 0 Å². The average molecular weight is 826 g/mol. The topological polar surface area (TPSA) is 117 Å². The molecule has 6 aromatic rings. The molecule has 0 atom stereocenters. The Morgan fingerprint density at radius 2 is 0.926 bits per heavy atom. The predicted molar refractivity (Wildman–Crippen MR) is 195 cm³/mol. The zero-order valence-electron chi connectivity index (χ0n) is 27.2. The van der Waals surface area contributed by atoms with Crippen LogP contribution in [0.4, 0.5) is 26.3 Å². The molecule has 0 aliphatic rings. The Balaban J connectivity index is 1.56. The molecular weight excluding hydrogens is 801 g/mol. The van der Waals surface area contributed by atoms with Crippen LogP contribution in [0.5, 0.6) is 0 Å². The first kappa shape index (κ1) is 38.9. The zero-order valence-corrected chi connectivity index (χ0v) is 30.3. The van der Waals surface area contributed by atoms with E-state index in [4.69, 9.17) is 23.2 Å². The second-order valence-corrected chi connectivity index (χ2v) is 16.7. The fraction of sp³-hybridized carbons (Fsp3) is 0.108. The third kappa shape index (κ3) is 7.85. The van der Waals surface area contributed by atoms with E-state index in [1.54, 1.807) is 24.3 Å². The molecule has 0 saturated carbocycles. The van der Waals surface area contributed by atoms with Gasteiger partial charge in [0.15, 0.2) is 19.7 Å². The van der Waals surface area contributed by atoms with Gasteiger partial charge in [-0.25, -0.2) is 16.8 Å². The predicted octanol–water partition coefficient (Wildman–Crippen LogP) is 10.2. The summed E-state index contributed by atoms with van der Waals surface area (Å²) in [4.78, 5) is 17.2. The quantitative estimate of drug-likeness (QED) is 0.105. The maximum atomic E-state index is 14.5. The molecule has 7 nitrogen and oxygen atoms in total. The van der Waals surface area contributed by atoms with Crippen LogP contribution in [0, 0.1) is 0 Å². The van der Waals surface area contributed by atoms with Gasteiger partial charge in [0.25, 0.3) is 0 Å². The molecule has 0 unspecified atom stereocenters. The molecule has 17 heteroatoms. The summed E-state index contributed by atoms with van der Waals surface area (Å²) < 4.78 is 141. The van der Waals surface area contributed by atoms with Crippen molar-refractivity contribution in [1.29, 1.82) is 0 Å². The van der Waals surface area contributed by atoms with Gasteiger partial charge in [0, 0.05) is 20.8 Å². The Kier molecular flexibility index (Phi) is 10.4. The number of aromatic amines is 2. The van der Waals surface area contributed by atoms with Gasteiger partial charge >= 0.3 is 12.4 Å². The lowest BCUT2D eigenvalue weighted by Gasteiger charge is -2.08. The van der Waals surface area contributed by atoms with Gasteiger partial charge in [-0.1, -0.05) is 96.0 Å². The number of alkyl halides is 6. The number of hydrogen-bond donors (Lipinski definition) is 2. The van der Waals surface area contributed by atoms with E-state index in [-0.39, 0.29) is 0 Å². The highest BCUT2D eigenvalue weighted by molar-refractivity contribution is 7.92. The van der Waals surface area contributed by atoms with E-state index in [0.29, 0.717) is 33.3 Å². The molecule has 54 heavy (non-hydrogen) atoms. The van der Waals surface area contributed by atoms with Crippen molar-refractivity contribution in [2.75, 3.05) is 11.5 Å². The lowest BCUT2D eigenvalue weighted by molar-refractivity contribution is -0.137. The number of carbonyl (C=O) groups excluding carboxylic acids is 1. The summed E-state index contributed by atoms with van der Waals surface area (Å²) >= 11 is 11.8. The van der Waals surface area contributed by atoms with Gasteiger partial charge in [-0.15, -0.1) is 0 Å². The molecular formula is C37H24Cl2F6N2O5S2. The van der Waals surface area contributed by atoms with Crippen molar-refractivity contribution < 1.29 is 48.0 Å². The molecule has 4 aromatic carbocycles. The molecule has 0 saturated heterocycles. The summed E-state index contributed by atoms with van der Waals surface area (Å²) in [7, 11) is -9.44. The molecule has 0 spiro atoms. The van der Waals surface area contributed by atoms with E-state index in [9.17, 15) is 48.0 Å².